The van der Waals surface area contributed by atoms with E-state index < -0.39 is 4.92 Å². The number of aromatic nitrogens is 2. The van der Waals surface area contributed by atoms with Crippen molar-refractivity contribution in [2.24, 2.45) is 0 Å². The maximum absolute atomic E-state index is 11.2. The van der Waals surface area contributed by atoms with Crippen molar-refractivity contribution in [1.29, 1.82) is 0 Å². The molecule has 130 valence electrons. The van der Waals surface area contributed by atoms with Crippen LogP contribution in [0, 0.1) is 10.1 Å². The number of amides is 1. The first-order valence-electron chi connectivity index (χ1n) is 7.39. The summed E-state index contributed by atoms with van der Waals surface area (Å²) in [7, 11) is 0. The van der Waals surface area contributed by atoms with Crippen molar-refractivity contribution in [2.75, 3.05) is 23.8 Å². The van der Waals surface area contributed by atoms with Gasteiger partial charge in [0.05, 0.1) is 6.54 Å². The van der Waals surface area contributed by atoms with Crippen molar-refractivity contribution in [3.8, 4) is 5.75 Å². The Labute approximate surface area is 146 Å². The minimum Gasteiger partial charge on any atom is -0.492 e. The monoisotopic (exact) mass is 361 g/mol. The molecule has 0 bridgehead atoms. The number of benzene rings is 1. The second-order valence-electron chi connectivity index (χ2n) is 5.08. The molecule has 0 aliphatic rings. The fourth-order valence-corrected chi connectivity index (χ4v) is 2.98. The Morgan fingerprint density at radius 1 is 1.48 bits per heavy atom. The van der Waals surface area contributed by atoms with Crippen LogP contribution in [-0.4, -0.2) is 33.4 Å². The van der Waals surface area contributed by atoms with Crippen LogP contribution in [-0.2, 0) is 4.79 Å². The van der Waals surface area contributed by atoms with E-state index in [2.05, 4.69) is 15.6 Å². The van der Waals surface area contributed by atoms with Gasteiger partial charge in [0.2, 0.25) is 11.7 Å². The smallest absolute Gasteiger partial charge is 0.372 e. The van der Waals surface area contributed by atoms with Gasteiger partial charge in [-0.15, -0.1) is 0 Å². The lowest BCUT2D eigenvalue weighted by Crippen LogP contribution is -2.13. The highest BCUT2D eigenvalue weighted by molar-refractivity contribution is 7.15. The summed E-state index contributed by atoms with van der Waals surface area (Å²) in [6.45, 7) is 2.06. The topological polar surface area (TPSA) is 111 Å². The fourth-order valence-electron chi connectivity index (χ4n) is 2.27. The van der Waals surface area contributed by atoms with Gasteiger partial charge in [0.25, 0.3) is 4.96 Å². The number of anilines is 2. The summed E-state index contributed by atoms with van der Waals surface area (Å²) >= 11 is 1.32. The molecular formula is C15H15N5O4S. The second-order valence-corrected chi connectivity index (χ2v) is 5.95. The zero-order valence-electron chi connectivity index (χ0n) is 13.3. The Balaban J connectivity index is 1.59. The molecule has 3 aromatic rings. The zero-order valence-corrected chi connectivity index (χ0v) is 14.1. The van der Waals surface area contributed by atoms with Crippen LogP contribution in [0.5, 0.6) is 5.75 Å². The summed E-state index contributed by atoms with van der Waals surface area (Å²) in [5.41, 5.74) is 0.642. The number of thiazole rings is 1. The first kappa shape index (κ1) is 16.7. The maximum atomic E-state index is 11.2. The summed E-state index contributed by atoms with van der Waals surface area (Å²) in [4.78, 5) is 26.6. The van der Waals surface area contributed by atoms with E-state index in [1.807, 2.05) is 0 Å². The third-order valence-corrected chi connectivity index (χ3v) is 3.98. The van der Waals surface area contributed by atoms with Gasteiger partial charge in [0.15, 0.2) is 0 Å². The predicted octanol–water partition coefficient (Wildman–Crippen LogP) is 2.75. The number of imidazole rings is 1. The first-order valence-corrected chi connectivity index (χ1v) is 8.27. The summed E-state index contributed by atoms with van der Waals surface area (Å²) in [5.74, 6) is 0.551. The summed E-state index contributed by atoms with van der Waals surface area (Å²) < 4.78 is 7.03. The average molecular weight is 361 g/mol. The summed E-state index contributed by atoms with van der Waals surface area (Å²) in [5, 5.41) is 18.6. The highest BCUT2D eigenvalue weighted by Crippen LogP contribution is 2.27. The minimum absolute atomic E-state index is 0.0936. The van der Waals surface area contributed by atoms with E-state index in [0.29, 0.717) is 22.9 Å². The van der Waals surface area contributed by atoms with Gasteiger partial charge in [0, 0.05) is 24.1 Å². The van der Waals surface area contributed by atoms with E-state index in [4.69, 9.17) is 4.74 Å². The highest BCUT2D eigenvalue weighted by Gasteiger charge is 2.23. The van der Waals surface area contributed by atoms with E-state index in [9.17, 15) is 14.9 Å². The van der Waals surface area contributed by atoms with Crippen molar-refractivity contribution in [3.63, 3.8) is 0 Å². The molecule has 0 aliphatic heterocycles. The number of rotatable bonds is 7. The van der Waals surface area contributed by atoms with Crippen LogP contribution in [0.4, 0.5) is 17.3 Å². The molecule has 0 unspecified atom stereocenters. The third kappa shape index (κ3) is 3.86. The molecule has 0 atom stereocenters. The third-order valence-electron chi connectivity index (χ3n) is 3.23. The Morgan fingerprint density at radius 2 is 2.32 bits per heavy atom. The Bertz CT molecular complexity index is 920. The lowest BCUT2D eigenvalue weighted by molar-refractivity contribution is -0.389. The Kier molecular flexibility index (Phi) is 4.80. The number of carbonyl (C=O) groups is 1. The van der Waals surface area contributed by atoms with Crippen molar-refractivity contribution in [1.82, 2.24) is 9.38 Å². The van der Waals surface area contributed by atoms with E-state index in [-0.39, 0.29) is 24.1 Å². The molecule has 0 fully saturated rings. The van der Waals surface area contributed by atoms with Crippen molar-refractivity contribution >= 4 is 39.5 Å². The molecule has 2 aromatic heterocycles. The second kappa shape index (κ2) is 7.18. The van der Waals surface area contributed by atoms with Gasteiger partial charge in [-0.2, -0.15) is 9.38 Å². The molecular weight excluding hydrogens is 346 g/mol. The molecule has 3 rings (SSSR count). The van der Waals surface area contributed by atoms with Gasteiger partial charge < -0.3 is 25.5 Å². The molecule has 0 spiro atoms. The zero-order chi connectivity index (χ0) is 17.8. The van der Waals surface area contributed by atoms with E-state index in [1.165, 1.54) is 22.7 Å². The van der Waals surface area contributed by atoms with Crippen molar-refractivity contribution in [2.45, 2.75) is 6.92 Å². The number of hydrogen-bond donors (Lipinski definition) is 2. The molecule has 0 radical (unpaired) electrons. The van der Waals surface area contributed by atoms with Crippen LogP contribution >= 0.6 is 11.3 Å². The number of nitro groups is 1. The van der Waals surface area contributed by atoms with Gasteiger partial charge in [-0.25, -0.2) is 0 Å². The van der Waals surface area contributed by atoms with Crippen LogP contribution in [0.1, 0.15) is 6.92 Å². The summed E-state index contributed by atoms with van der Waals surface area (Å²) in [6, 6.07) is 6.99. The molecule has 2 N–H and O–H groups in total. The lowest BCUT2D eigenvalue weighted by atomic mass is 10.3. The van der Waals surface area contributed by atoms with Crippen LogP contribution < -0.4 is 15.4 Å². The Hall–Kier alpha value is -3.14. The van der Waals surface area contributed by atoms with E-state index in [0.717, 1.165) is 0 Å². The molecule has 9 nitrogen and oxygen atoms in total. The van der Waals surface area contributed by atoms with E-state index >= 15 is 0 Å². The van der Waals surface area contributed by atoms with Crippen molar-refractivity contribution in [3.05, 3.63) is 46.0 Å². The van der Waals surface area contributed by atoms with Crippen LogP contribution in [0.25, 0.3) is 4.96 Å². The van der Waals surface area contributed by atoms with Gasteiger partial charge in [0.1, 0.15) is 18.6 Å². The largest absolute Gasteiger partial charge is 0.492 e. The number of ether oxygens (including phenoxy) is 1. The van der Waals surface area contributed by atoms with Crippen molar-refractivity contribution < 1.29 is 14.5 Å². The molecule has 0 saturated carbocycles. The van der Waals surface area contributed by atoms with Crippen LogP contribution in [0.3, 0.4) is 0 Å². The molecule has 25 heavy (non-hydrogen) atoms. The van der Waals surface area contributed by atoms with Gasteiger partial charge >= 0.3 is 5.82 Å². The highest BCUT2D eigenvalue weighted by atomic mass is 32.1. The molecule has 1 aromatic carbocycles. The number of fused-ring (bicyclic) bond motifs is 1. The van der Waals surface area contributed by atoms with Gasteiger partial charge in [-0.3, -0.25) is 4.79 Å². The molecule has 10 heteroatoms. The maximum Gasteiger partial charge on any atom is 0.372 e. The SMILES string of the molecule is CC(=O)Nc1cccc(OCCNc2nc3sccn3c2[N+](=O)[O-])c1. The molecule has 2 heterocycles. The molecule has 0 saturated heterocycles. The van der Waals surface area contributed by atoms with Gasteiger partial charge in [-0.05, 0) is 17.1 Å². The quantitative estimate of drug-likeness (QED) is 0.380. The fraction of sp³-hybridized carbons (Fsp3) is 0.200. The number of nitrogens with zero attached hydrogens (tertiary/aromatic N) is 3. The number of carbonyl (C=O) groups excluding carboxylic acids is 1. The Morgan fingerprint density at radius 3 is 3.08 bits per heavy atom. The number of nitrogens with one attached hydrogen (secondary N) is 2. The minimum atomic E-state index is -0.465. The average Bonchev–Trinajstić information content (AvgIpc) is 3.11. The van der Waals surface area contributed by atoms with Gasteiger partial charge in [-0.1, -0.05) is 17.4 Å². The van der Waals surface area contributed by atoms with Crippen LogP contribution in [0.2, 0.25) is 0 Å². The number of hydrogen-bond acceptors (Lipinski definition) is 7. The standard InChI is InChI=1S/C15H15N5O4S/c1-10(21)17-11-3-2-4-12(9-11)24-7-5-16-13-14(20(22)23)19-6-8-25-15(19)18-13/h2-4,6,8-9,16H,5,7H2,1H3,(H,17,21). The predicted molar refractivity (Wildman–Crippen MR) is 94.5 cm³/mol. The molecule has 1 amide bonds. The summed E-state index contributed by atoms with van der Waals surface area (Å²) in [6.07, 6.45) is 1.61. The normalized spacial score (nSPS) is 10.6. The van der Waals surface area contributed by atoms with Crippen LogP contribution in [0.15, 0.2) is 35.8 Å². The lowest BCUT2D eigenvalue weighted by Gasteiger charge is -2.09. The molecule has 0 aliphatic carbocycles. The first-order chi connectivity index (χ1) is 12.0. The van der Waals surface area contributed by atoms with E-state index in [1.54, 1.807) is 35.8 Å².